The number of nitrogens with zero attached hydrogens (tertiary/aromatic N) is 3. The van der Waals surface area contributed by atoms with Crippen LogP contribution in [0, 0.1) is 0 Å². The molecule has 3 heterocycles. The van der Waals surface area contributed by atoms with Crippen molar-refractivity contribution in [2.45, 2.75) is 17.9 Å². The van der Waals surface area contributed by atoms with E-state index in [1.54, 1.807) is 24.4 Å². The molecule has 0 aromatic carbocycles. The monoisotopic (exact) mass is 285 g/mol. The molecule has 0 radical (unpaired) electrons. The molecule has 0 saturated carbocycles. The fraction of sp³-hybridized carbons (Fsp3) is 0.364. The van der Waals surface area contributed by atoms with Gasteiger partial charge in [-0.05, 0) is 25.0 Å². The molecule has 96 valence electrons. The minimum Gasteiger partial charge on any atom is -0.288 e. The summed E-state index contributed by atoms with van der Waals surface area (Å²) < 4.78 is 28.0. The molecule has 0 amide bonds. The third-order valence-corrected chi connectivity index (χ3v) is 5.39. The van der Waals surface area contributed by atoms with Crippen LogP contribution in [0.15, 0.2) is 29.4 Å². The van der Waals surface area contributed by atoms with Crippen molar-refractivity contribution < 1.29 is 8.42 Å². The van der Waals surface area contributed by atoms with Crippen LogP contribution in [0.1, 0.15) is 12.8 Å². The van der Waals surface area contributed by atoms with Gasteiger partial charge in [-0.25, -0.2) is 13.4 Å². The van der Waals surface area contributed by atoms with E-state index in [1.807, 2.05) is 0 Å². The van der Waals surface area contributed by atoms with E-state index in [0.29, 0.717) is 18.7 Å². The zero-order chi connectivity index (χ0) is 12.8. The SMILES string of the molecule is O=S(=O)(c1c(Cl)nc2ccccn12)N1CCCC1. The highest BCUT2D eigenvalue weighted by Gasteiger charge is 2.32. The predicted molar refractivity (Wildman–Crippen MR) is 68.2 cm³/mol. The molecule has 2 aromatic rings. The summed E-state index contributed by atoms with van der Waals surface area (Å²) >= 11 is 5.99. The number of halogens is 1. The van der Waals surface area contributed by atoms with Crippen LogP contribution in [-0.2, 0) is 10.0 Å². The molecule has 1 saturated heterocycles. The molecule has 0 atom stereocenters. The zero-order valence-corrected chi connectivity index (χ0v) is 11.2. The molecular formula is C11H12ClN3O2S. The Balaban J connectivity index is 2.22. The van der Waals surface area contributed by atoms with Gasteiger partial charge in [-0.1, -0.05) is 17.7 Å². The summed E-state index contributed by atoms with van der Waals surface area (Å²) in [7, 11) is -3.55. The van der Waals surface area contributed by atoms with E-state index in [-0.39, 0.29) is 10.2 Å². The highest BCUT2D eigenvalue weighted by Crippen LogP contribution is 2.27. The zero-order valence-electron chi connectivity index (χ0n) is 9.58. The molecule has 7 heteroatoms. The van der Waals surface area contributed by atoms with E-state index >= 15 is 0 Å². The van der Waals surface area contributed by atoms with Gasteiger partial charge < -0.3 is 0 Å². The summed E-state index contributed by atoms with van der Waals surface area (Å²) in [6.45, 7) is 1.11. The van der Waals surface area contributed by atoms with Gasteiger partial charge >= 0.3 is 0 Å². The first-order valence-electron chi connectivity index (χ1n) is 5.73. The molecule has 2 aromatic heterocycles. The summed E-state index contributed by atoms with van der Waals surface area (Å²) in [5, 5.41) is 0.106. The predicted octanol–water partition coefficient (Wildman–Crippen LogP) is 1.77. The fourth-order valence-corrected chi connectivity index (χ4v) is 4.34. The molecule has 1 aliphatic rings. The van der Waals surface area contributed by atoms with E-state index in [2.05, 4.69) is 4.98 Å². The Morgan fingerprint density at radius 2 is 1.94 bits per heavy atom. The van der Waals surface area contributed by atoms with Crippen LogP contribution in [0.5, 0.6) is 0 Å². The lowest BCUT2D eigenvalue weighted by molar-refractivity contribution is 0.473. The molecule has 3 rings (SSSR count). The normalized spacial score (nSPS) is 17.6. The average Bonchev–Trinajstić information content (AvgIpc) is 2.94. The van der Waals surface area contributed by atoms with Gasteiger partial charge in [0.2, 0.25) is 0 Å². The lowest BCUT2D eigenvalue weighted by Gasteiger charge is -2.14. The minimum absolute atomic E-state index is 0.0353. The van der Waals surface area contributed by atoms with Crippen LogP contribution in [0.4, 0.5) is 0 Å². The fourth-order valence-electron chi connectivity index (χ4n) is 2.23. The first kappa shape index (κ1) is 12.0. The Morgan fingerprint density at radius 1 is 1.22 bits per heavy atom. The number of hydrogen-bond acceptors (Lipinski definition) is 3. The Labute approximate surface area is 110 Å². The van der Waals surface area contributed by atoms with Gasteiger partial charge in [0, 0.05) is 19.3 Å². The molecular weight excluding hydrogens is 274 g/mol. The third-order valence-electron chi connectivity index (χ3n) is 3.10. The molecule has 18 heavy (non-hydrogen) atoms. The largest absolute Gasteiger partial charge is 0.288 e. The smallest absolute Gasteiger partial charge is 0.262 e. The molecule has 5 nitrogen and oxygen atoms in total. The Bertz CT molecular complexity index is 689. The van der Waals surface area contributed by atoms with Crippen molar-refractivity contribution in [1.82, 2.24) is 13.7 Å². The van der Waals surface area contributed by atoms with Gasteiger partial charge in [0.25, 0.3) is 10.0 Å². The molecule has 0 N–H and O–H groups in total. The van der Waals surface area contributed by atoms with Crippen molar-refractivity contribution in [3.63, 3.8) is 0 Å². The molecule has 1 fully saturated rings. The van der Waals surface area contributed by atoms with Crippen molar-refractivity contribution in [2.24, 2.45) is 0 Å². The van der Waals surface area contributed by atoms with Crippen LogP contribution in [-0.4, -0.2) is 35.2 Å². The van der Waals surface area contributed by atoms with Gasteiger partial charge in [0.15, 0.2) is 10.2 Å². The molecule has 0 spiro atoms. The Kier molecular flexibility index (Phi) is 2.80. The first-order valence-corrected chi connectivity index (χ1v) is 7.55. The first-order chi connectivity index (χ1) is 8.60. The van der Waals surface area contributed by atoms with E-state index in [9.17, 15) is 8.42 Å². The van der Waals surface area contributed by atoms with Crippen LogP contribution in [0.3, 0.4) is 0 Å². The second kappa shape index (κ2) is 4.22. The summed E-state index contributed by atoms with van der Waals surface area (Å²) in [6.07, 6.45) is 3.46. The maximum absolute atomic E-state index is 12.5. The van der Waals surface area contributed by atoms with Crippen LogP contribution < -0.4 is 0 Å². The van der Waals surface area contributed by atoms with Crippen molar-refractivity contribution in [2.75, 3.05) is 13.1 Å². The molecule has 1 aliphatic heterocycles. The standard InChI is InChI=1S/C11H12ClN3O2S/c12-10-11(15-8-2-1-5-9(15)13-10)18(16,17)14-6-3-4-7-14/h1-2,5,8H,3-4,6-7H2. The van der Waals surface area contributed by atoms with Crippen molar-refractivity contribution >= 4 is 27.3 Å². The van der Waals surface area contributed by atoms with Gasteiger partial charge in [-0.3, -0.25) is 4.40 Å². The average molecular weight is 286 g/mol. The summed E-state index contributed by atoms with van der Waals surface area (Å²) in [6, 6.07) is 5.29. The highest BCUT2D eigenvalue weighted by molar-refractivity contribution is 7.89. The lowest BCUT2D eigenvalue weighted by atomic mass is 10.4. The van der Waals surface area contributed by atoms with Crippen LogP contribution in [0.2, 0.25) is 5.15 Å². The summed E-state index contributed by atoms with van der Waals surface area (Å²) in [4.78, 5) is 4.07. The highest BCUT2D eigenvalue weighted by atomic mass is 35.5. The maximum atomic E-state index is 12.5. The molecule has 0 bridgehead atoms. The van der Waals surface area contributed by atoms with Gasteiger partial charge in [0.05, 0.1) is 0 Å². The van der Waals surface area contributed by atoms with E-state index < -0.39 is 10.0 Å². The minimum atomic E-state index is -3.55. The topological polar surface area (TPSA) is 54.7 Å². The van der Waals surface area contributed by atoms with Gasteiger partial charge in [-0.15, -0.1) is 0 Å². The van der Waals surface area contributed by atoms with Crippen LogP contribution >= 0.6 is 11.6 Å². The summed E-state index contributed by atoms with van der Waals surface area (Å²) in [5.41, 5.74) is 0.542. The number of imidazole rings is 1. The number of pyridine rings is 1. The maximum Gasteiger partial charge on any atom is 0.262 e. The number of aromatic nitrogens is 2. The number of hydrogen-bond donors (Lipinski definition) is 0. The van der Waals surface area contributed by atoms with E-state index in [0.717, 1.165) is 12.8 Å². The van der Waals surface area contributed by atoms with Gasteiger partial charge in [0.1, 0.15) is 5.65 Å². The second-order valence-corrected chi connectivity index (χ2v) is 6.46. The van der Waals surface area contributed by atoms with Crippen molar-refractivity contribution in [3.05, 3.63) is 29.5 Å². The number of rotatable bonds is 2. The Morgan fingerprint density at radius 3 is 2.67 bits per heavy atom. The molecule has 0 unspecified atom stereocenters. The second-order valence-electron chi connectivity index (χ2n) is 4.25. The third kappa shape index (κ3) is 1.72. The lowest BCUT2D eigenvalue weighted by Crippen LogP contribution is -2.29. The Hall–Kier alpha value is -1.11. The van der Waals surface area contributed by atoms with E-state index in [4.69, 9.17) is 11.6 Å². The number of fused-ring (bicyclic) bond motifs is 1. The van der Waals surface area contributed by atoms with E-state index in [1.165, 1.54) is 8.71 Å². The van der Waals surface area contributed by atoms with Crippen molar-refractivity contribution in [1.29, 1.82) is 0 Å². The summed E-state index contributed by atoms with van der Waals surface area (Å²) in [5.74, 6) is 0. The van der Waals surface area contributed by atoms with Gasteiger partial charge in [-0.2, -0.15) is 4.31 Å². The quantitative estimate of drug-likeness (QED) is 0.845. The number of sulfonamides is 1. The van der Waals surface area contributed by atoms with Crippen molar-refractivity contribution in [3.8, 4) is 0 Å². The molecule has 0 aliphatic carbocycles. The van der Waals surface area contributed by atoms with Crippen LogP contribution in [0.25, 0.3) is 5.65 Å².